The number of amides is 1. The van der Waals surface area contributed by atoms with Crippen molar-refractivity contribution in [3.63, 3.8) is 0 Å². The van der Waals surface area contributed by atoms with Gasteiger partial charge in [-0.3, -0.25) is 9.20 Å². The summed E-state index contributed by atoms with van der Waals surface area (Å²) in [5.41, 5.74) is 0.554. The highest BCUT2D eigenvalue weighted by atomic mass is 19.4. The zero-order valence-corrected chi connectivity index (χ0v) is 19.3. The number of carbonyl (C=O) groups is 1. The highest BCUT2D eigenvalue weighted by Gasteiger charge is 2.31. The highest BCUT2D eigenvalue weighted by Crippen LogP contribution is 2.30. The van der Waals surface area contributed by atoms with Gasteiger partial charge in [0.2, 0.25) is 0 Å². The summed E-state index contributed by atoms with van der Waals surface area (Å²) in [6.07, 6.45) is -3.67. The summed E-state index contributed by atoms with van der Waals surface area (Å²) in [6, 6.07) is 5.16. The lowest BCUT2D eigenvalue weighted by molar-refractivity contribution is -0.139. The highest BCUT2D eigenvalue weighted by molar-refractivity contribution is 5.95. The molecular weight excluding hydrogens is 457 g/mol. The number of alkyl halides is 3. The minimum atomic E-state index is -4.26. The molecular formula is C24H26F5N3O2. The van der Waals surface area contributed by atoms with E-state index in [1.54, 1.807) is 40.0 Å². The number of aryl methyl sites for hydroxylation is 2. The van der Waals surface area contributed by atoms with Gasteiger partial charge in [-0.25, -0.2) is 13.8 Å². The summed E-state index contributed by atoms with van der Waals surface area (Å²) in [6.45, 7) is 6.34. The van der Waals surface area contributed by atoms with E-state index in [1.807, 2.05) is 0 Å². The van der Waals surface area contributed by atoms with Crippen molar-refractivity contribution in [3.8, 4) is 5.75 Å². The largest absolute Gasteiger partial charge is 0.485 e. The standard InChI is InChI=1S/C24H26F5N3O2/c1-14-10-19(34-12-16-17(25)6-5-7-18(16)26)21-31-15(2)20(32(21)11-14)22(33)30-13-23(3,4)8-9-24(27,28)29/h5-7,10-11H,8-9,12-13H2,1-4H3,(H,30,33). The van der Waals surface area contributed by atoms with E-state index in [0.29, 0.717) is 11.3 Å². The summed E-state index contributed by atoms with van der Waals surface area (Å²) in [4.78, 5) is 17.3. The van der Waals surface area contributed by atoms with Gasteiger partial charge >= 0.3 is 6.18 Å². The van der Waals surface area contributed by atoms with Gasteiger partial charge in [0.05, 0.1) is 11.3 Å². The number of hydrogen-bond donors (Lipinski definition) is 1. The number of halogens is 5. The quantitative estimate of drug-likeness (QED) is 0.406. The fourth-order valence-electron chi connectivity index (χ4n) is 3.53. The first-order valence-electron chi connectivity index (χ1n) is 10.7. The van der Waals surface area contributed by atoms with Crippen LogP contribution in [0.15, 0.2) is 30.5 Å². The number of nitrogens with one attached hydrogen (secondary N) is 1. The summed E-state index contributed by atoms with van der Waals surface area (Å²) >= 11 is 0. The van der Waals surface area contributed by atoms with Gasteiger partial charge in [0.1, 0.15) is 23.9 Å². The molecule has 0 unspecified atom stereocenters. The molecule has 0 aliphatic rings. The second-order valence-corrected chi connectivity index (χ2v) is 9.07. The number of ether oxygens (including phenoxy) is 1. The van der Waals surface area contributed by atoms with Crippen molar-refractivity contribution >= 4 is 11.6 Å². The van der Waals surface area contributed by atoms with Crippen molar-refractivity contribution in [2.45, 2.75) is 53.3 Å². The summed E-state index contributed by atoms with van der Waals surface area (Å²) in [5, 5.41) is 2.70. The zero-order valence-electron chi connectivity index (χ0n) is 19.3. The molecule has 34 heavy (non-hydrogen) atoms. The lowest BCUT2D eigenvalue weighted by atomic mass is 9.87. The Bertz CT molecular complexity index is 1180. The Balaban J connectivity index is 1.82. The molecule has 184 valence electrons. The predicted molar refractivity (Wildman–Crippen MR) is 117 cm³/mol. The monoisotopic (exact) mass is 483 g/mol. The molecule has 0 atom stereocenters. The third kappa shape index (κ3) is 6.03. The van der Waals surface area contributed by atoms with Gasteiger partial charge in [0.25, 0.3) is 5.91 Å². The number of aromatic nitrogens is 2. The molecule has 0 saturated heterocycles. The van der Waals surface area contributed by atoms with Gasteiger partial charge in [-0.2, -0.15) is 13.2 Å². The average Bonchev–Trinajstić information content (AvgIpc) is 3.05. The molecule has 3 rings (SSSR count). The van der Waals surface area contributed by atoms with Crippen LogP contribution in [0.3, 0.4) is 0 Å². The zero-order chi connectivity index (χ0) is 25.3. The molecule has 1 amide bonds. The van der Waals surface area contributed by atoms with E-state index in [0.717, 1.165) is 12.1 Å². The van der Waals surface area contributed by atoms with Crippen LogP contribution in [0.2, 0.25) is 0 Å². The lowest BCUT2D eigenvalue weighted by Crippen LogP contribution is -2.35. The smallest absolute Gasteiger partial charge is 0.389 e. The summed E-state index contributed by atoms with van der Waals surface area (Å²) in [5.74, 6) is -1.75. The predicted octanol–water partition coefficient (Wildman–Crippen LogP) is 5.91. The lowest BCUT2D eigenvalue weighted by Gasteiger charge is -2.25. The molecule has 3 aromatic rings. The van der Waals surface area contributed by atoms with Crippen LogP contribution in [-0.4, -0.2) is 28.0 Å². The van der Waals surface area contributed by atoms with Crippen molar-refractivity contribution in [1.82, 2.24) is 14.7 Å². The Morgan fingerprint density at radius 3 is 2.38 bits per heavy atom. The average molecular weight is 483 g/mol. The van der Waals surface area contributed by atoms with Gasteiger partial charge in [-0.1, -0.05) is 19.9 Å². The molecule has 10 heteroatoms. The third-order valence-electron chi connectivity index (χ3n) is 5.46. The second kappa shape index (κ2) is 9.60. The Kier molecular flexibility index (Phi) is 7.18. The van der Waals surface area contributed by atoms with Gasteiger partial charge in [0.15, 0.2) is 11.4 Å². The van der Waals surface area contributed by atoms with Crippen LogP contribution in [0.5, 0.6) is 5.75 Å². The Morgan fingerprint density at radius 1 is 1.12 bits per heavy atom. The normalized spacial score (nSPS) is 12.3. The molecule has 0 radical (unpaired) electrons. The van der Waals surface area contributed by atoms with Crippen molar-refractivity contribution in [2.24, 2.45) is 5.41 Å². The molecule has 0 fully saturated rings. The van der Waals surface area contributed by atoms with Crippen LogP contribution in [0.4, 0.5) is 22.0 Å². The van der Waals surface area contributed by atoms with E-state index in [1.165, 1.54) is 10.5 Å². The number of benzene rings is 1. The number of nitrogens with zero attached hydrogens (tertiary/aromatic N) is 2. The molecule has 5 nitrogen and oxygen atoms in total. The number of imidazole rings is 1. The topological polar surface area (TPSA) is 55.6 Å². The van der Waals surface area contributed by atoms with E-state index >= 15 is 0 Å². The van der Waals surface area contributed by atoms with Crippen LogP contribution < -0.4 is 10.1 Å². The fourth-order valence-corrected chi connectivity index (χ4v) is 3.53. The van der Waals surface area contributed by atoms with Crippen molar-refractivity contribution in [3.05, 3.63) is 64.6 Å². The SMILES string of the molecule is Cc1cc(OCc2c(F)cccc2F)c2nc(C)c(C(=O)NCC(C)(C)CCC(F)(F)F)n2c1. The van der Waals surface area contributed by atoms with E-state index < -0.39 is 35.6 Å². The van der Waals surface area contributed by atoms with Crippen molar-refractivity contribution in [1.29, 1.82) is 0 Å². The van der Waals surface area contributed by atoms with Crippen LogP contribution in [0, 0.1) is 30.9 Å². The van der Waals surface area contributed by atoms with Crippen molar-refractivity contribution in [2.75, 3.05) is 6.54 Å². The fraction of sp³-hybridized carbons (Fsp3) is 0.417. The number of carbonyl (C=O) groups excluding carboxylic acids is 1. The molecule has 0 spiro atoms. The van der Waals surface area contributed by atoms with Crippen molar-refractivity contribution < 1.29 is 31.5 Å². The molecule has 0 aliphatic heterocycles. The molecule has 0 aliphatic carbocycles. The van der Waals surface area contributed by atoms with Gasteiger partial charge in [-0.15, -0.1) is 0 Å². The first kappa shape index (κ1) is 25.5. The van der Waals surface area contributed by atoms with Gasteiger partial charge < -0.3 is 10.1 Å². The van der Waals surface area contributed by atoms with Crippen LogP contribution in [0.1, 0.15) is 54.0 Å². The Morgan fingerprint density at radius 2 is 1.76 bits per heavy atom. The summed E-state index contributed by atoms with van der Waals surface area (Å²) < 4.78 is 72.8. The van der Waals surface area contributed by atoms with Crippen LogP contribution in [0.25, 0.3) is 5.65 Å². The molecule has 0 saturated carbocycles. The maximum absolute atomic E-state index is 14.0. The minimum absolute atomic E-state index is 0.0380. The molecule has 2 aromatic heterocycles. The van der Waals surface area contributed by atoms with E-state index in [-0.39, 0.29) is 42.2 Å². The van der Waals surface area contributed by atoms with Crippen LogP contribution >= 0.6 is 0 Å². The van der Waals surface area contributed by atoms with E-state index in [9.17, 15) is 26.7 Å². The summed E-state index contributed by atoms with van der Waals surface area (Å²) in [7, 11) is 0. The van der Waals surface area contributed by atoms with E-state index in [4.69, 9.17) is 4.74 Å². The van der Waals surface area contributed by atoms with Crippen LogP contribution in [-0.2, 0) is 6.61 Å². The minimum Gasteiger partial charge on any atom is -0.485 e. The molecule has 2 heterocycles. The first-order valence-corrected chi connectivity index (χ1v) is 10.7. The molecule has 1 N–H and O–H groups in total. The van der Waals surface area contributed by atoms with Gasteiger partial charge in [0, 0.05) is 19.2 Å². The second-order valence-electron chi connectivity index (χ2n) is 9.07. The van der Waals surface area contributed by atoms with E-state index in [2.05, 4.69) is 10.3 Å². The molecule has 0 bridgehead atoms. The van der Waals surface area contributed by atoms with Gasteiger partial charge in [-0.05, 0) is 49.4 Å². The number of hydrogen-bond acceptors (Lipinski definition) is 3. The molecule has 1 aromatic carbocycles. The maximum Gasteiger partial charge on any atom is 0.389 e. The Labute approximate surface area is 193 Å². The number of fused-ring (bicyclic) bond motifs is 1. The maximum atomic E-state index is 14.0. The first-order chi connectivity index (χ1) is 15.8. The Hall–Kier alpha value is -3.17. The number of rotatable bonds is 8. The number of pyridine rings is 1. The third-order valence-corrected chi connectivity index (χ3v) is 5.46.